The standard InChI is InChI=1S/C23H28FN2O3/c1-3-28-20-13-16(15-26-12-6-5-7-19(26)23(25)27)14-21(29-4-2)22(20)17-8-10-18(24)11-9-17/h5,8-11,13-14,19H,3-4,6-7,12,15H2,1-2H3,(H2,25,27). The molecule has 1 amide bonds. The zero-order chi connectivity index (χ0) is 20.8. The molecule has 1 unspecified atom stereocenters. The summed E-state index contributed by atoms with van der Waals surface area (Å²) >= 11 is 0. The summed E-state index contributed by atoms with van der Waals surface area (Å²) in [6.45, 7) is 6.18. The molecule has 2 aromatic carbocycles. The van der Waals surface area contributed by atoms with Crippen molar-refractivity contribution in [3.8, 4) is 22.6 Å². The highest BCUT2D eigenvalue weighted by Gasteiger charge is 2.27. The maximum absolute atomic E-state index is 13.4. The van der Waals surface area contributed by atoms with Crippen LogP contribution in [0.3, 0.4) is 0 Å². The molecule has 0 spiro atoms. The van der Waals surface area contributed by atoms with Gasteiger partial charge in [0.1, 0.15) is 17.3 Å². The van der Waals surface area contributed by atoms with Gasteiger partial charge in [0.05, 0.1) is 24.8 Å². The van der Waals surface area contributed by atoms with Crippen molar-refractivity contribution in [3.05, 3.63) is 54.2 Å². The minimum absolute atomic E-state index is 0.291. The normalized spacial score (nSPS) is 17.1. The maximum Gasteiger partial charge on any atom is 0.234 e. The van der Waals surface area contributed by atoms with E-state index in [1.54, 1.807) is 12.1 Å². The van der Waals surface area contributed by atoms with Crippen LogP contribution in [0, 0.1) is 12.2 Å². The van der Waals surface area contributed by atoms with E-state index in [2.05, 4.69) is 11.3 Å². The monoisotopic (exact) mass is 399 g/mol. The van der Waals surface area contributed by atoms with Gasteiger partial charge in [-0.05, 0) is 75.0 Å². The van der Waals surface area contributed by atoms with E-state index in [0.717, 1.165) is 29.7 Å². The van der Waals surface area contributed by atoms with Crippen LogP contribution in [0.15, 0.2) is 36.4 Å². The number of amides is 1. The summed E-state index contributed by atoms with van der Waals surface area (Å²) in [4.78, 5) is 13.9. The second kappa shape index (κ2) is 9.74. The summed E-state index contributed by atoms with van der Waals surface area (Å²) in [7, 11) is 0. The Kier molecular flexibility index (Phi) is 7.09. The maximum atomic E-state index is 13.4. The smallest absolute Gasteiger partial charge is 0.234 e. The van der Waals surface area contributed by atoms with Gasteiger partial charge in [0.25, 0.3) is 0 Å². The lowest BCUT2D eigenvalue weighted by Crippen LogP contribution is -2.47. The molecule has 1 radical (unpaired) electrons. The Morgan fingerprint density at radius 3 is 2.31 bits per heavy atom. The van der Waals surface area contributed by atoms with Crippen LogP contribution in [-0.2, 0) is 11.3 Å². The van der Waals surface area contributed by atoms with Crippen LogP contribution in [0.25, 0.3) is 11.1 Å². The van der Waals surface area contributed by atoms with Gasteiger partial charge in [0.2, 0.25) is 5.91 Å². The molecule has 0 bridgehead atoms. The fourth-order valence-corrected chi connectivity index (χ4v) is 3.73. The number of carbonyl (C=O) groups is 1. The minimum Gasteiger partial charge on any atom is -0.493 e. The highest BCUT2D eigenvalue weighted by molar-refractivity contribution is 5.80. The van der Waals surface area contributed by atoms with Crippen LogP contribution < -0.4 is 15.2 Å². The average molecular weight is 399 g/mol. The summed E-state index contributed by atoms with van der Waals surface area (Å²) in [6, 6.07) is 9.94. The molecule has 155 valence electrons. The largest absolute Gasteiger partial charge is 0.493 e. The van der Waals surface area contributed by atoms with Crippen molar-refractivity contribution in [3.63, 3.8) is 0 Å². The van der Waals surface area contributed by atoms with E-state index in [0.29, 0.717) is 37.7 Å². The molecule has 6 heteroatoms. The minimum atomic E-state index is -0.307. The summed E-state index contributed by atoms with van der Waals surface area (Å²) in [5.41, 5.74) is 8.21. The zero-order valence-corrected chi connectivity index (χ0v) is 17.0. The van der Waals surface area contributed by atoms with Gasteiger partial charge in [-0.1, -0.05) is 12.1 Å². The number of carbonyl (C=O) groups excluding carboxylic acids is 1. The van der Waals surface area contributed by atoms with Crippen LogP contribution >= 0.6 is 0 Å². The van der Waals surface area contributed by atoms with E-state index in [-0.39, 0.29) is 17.8 Å². The van der Waals surface area contributed by atoms with Gasteiger partial charge in [-0.15, -0.1) is 0 Å². The number of ether oxygens (including phenoxy) is 2. The van der Waals surface area contributed by atoms with Gasteiger partial charge in [-0.3, -0.25) is 9.69 Å². The lowest BCUT2D eigenvalue weighted by molar-refractivity contribution is -0.124. The average Bonchev–Trinajstić information content (AvgIpc) is 2.70. The van der Waals surface area contributed by atoms with Crippen molar-refractivity contribution in [2.24, 2.45) is 5.73 Å². The summed E-state index contributed by atoms with van der Waals surface area (Å²) in [6.07, 6.45) is 3.70. The number of nitrogens with zero attached hydrogens (tertiary/aromatic N) is 1. The van der Waals surface area contributed by atoms with Crippen molar-refractivity contribution >= 4 is 5.91 Å². The van der Waals surface area contributed by atoms with Crippen molar-refractivity contribution < 1.29 is 18.7 Å². The second-order valence-corrected chi connectivity index (χ2v) is 7.04. The fraction of sp³-hybridized carbons (Fsp3) is 0.391. The lowest BCUT2D eigenvalue weighted by atomic mass is 9.98. The quantitative estimate of drug-likeness (QED) is 0.730. The molecule has 3 rings (SSSR count). The van der Waals surface area contributed by atoms with Crippen molar-refractivity contribution in [2.45, 2.75) is 39.3 Å². The number of hydrogen-bond donors (Lipinski definition) is 1. The predicted octanol–water partition coefficient (Wildman–Crippen LogP) is 3.94. The molecular formula is C23H28FN2O3. The molecule has 1 fully saturated rings. The third kappa shape index (κ3) is 5.07. The molecule has 0 aliphatic carbocycles. The molecule has 1 heterocycles. The van der Waals surface area contributed by atoms with Crippen LogP contribution in [0.1, 0.15) is 32.3 Å². The van der Waals surface area contributed by atoms with Crippen LogP contribution in [-0.4, -0.2) is 36.6 Å². The molecule has 1 aliphatic heterocycles. The summed E-state index contributed by atoms with van der Waals surface area (Å²) < 4.78 is 25.3. The van der Waals surface area contributed by atoms with Crippen molar-refractivity contribution in [1.82, 2.24) is 4.90 Å². The molecule has 2 aromatic rings. The second-order valence-electron chi connectivity index (χ2n) is 7.04. The lowest BCUT2D eigenvalue weighted by Gasteiger charge is -2.33. The first-order valence-corrected chi connectivity index (χ1v) is 10.1. The van der Waals surface area contributed by atoms with Gasteiger partial charge >= 0.3 is 0 Å². The number of piperidine rings is 1. The van der Waals surface area contributed by atoms with Crippen LogP contribution in [0.5, 0.6) is 11.5 Å². The summed E-state index contributed by atoms with van der Waals surface area (Å²) in [5, 5.41) is 0. The molecule has 2 N–H and O–H groups in total. The molecule has 1 atom stereocenters. The van der Waals surface area contributed by atoms with E-state index in [4.69, 9.17) is 15.2 Å². The number of hydrogen-bond acceptors (Lipinski definition) is 4. The first kappa shape index (κ1) is 21.1. The molecular weight excluding hydrogens is 371 g/mol. The number of benzene rings is 2. The predicted molar refractivity (Wildman–Crippen MR) is 111 cm³/mol. The molecule has 29 heavy (non-hydrogen) atoms. The number of halogens is 1. The fourth-order valence-electron chi connectivity index (χ4n) is 3.73. The van der Waals surface area contributed by atoms with E-state index < -0.39 is 0 Å². The highest BCUT2D eigenvalue weighted by atomic mass is 19.1. The highest BCUT2D eigenvalue weighted by Crippen LogP contribution is 2.40. The Morgan fingerprint density at radius 2 is 1.76 bits per heavy atom. The Morgan fingerprint density at radius 1 is 1.14 bits per heavy atom. The zero-order valence-electron chi connectivity index (χ0n) is 17.0. The Balaban J connectivity index is 2.00. The molecule has 1 aliphatic rings. The van der Waals surface area contributed by atoms with Gasteiger partial charge in [0, 0.05) is 6.54 Å². The van der Waals surface area contributed by atoms with Gasteiger partial charge in [-0.25, -0.2) is 4.39 Å². The third-order valence-corrected chi connectivity index (χ3v) is 5.02. The molecule has 0 saturated carbocycles. The molecule has 1 saturated heterocycles. The van der Waals surface area contributed by atoms with E-state index >= 15 is 0 Å². The van der Waals surface area contributed by atoms with Gasteiger partial charge in [-0.2, -0.15) is 0 Å². The van der Waals surface area contributed by atoms with Gasteiger partial charge in [0.15, 0.2) is 0 Å². The Bertz CT molecular complexity index is 812. The Hall–Kier alpha value is -2.60. The molecule has 0 aromatic heterocycles. The topological polar surface area (TPSA) is 64.8 Å². The van der Waals surface area contributed by atoms with Crippen LogP contribution in [0.2, 0.25) is 0 Å². The van der Waals surface area contributed by atoms with Crippen molar-refractivity contribution in [1.29, 1.82) is 0 Å². The summed E-state index contributed by atoms with van der Waals surface area (Å²) in [5.74, 6) is 0.762. The first-order valence-electron chi connectivity index (χ1n) is 10.1. The SMILES string of the molecule is CCOc1cc(CN2CC[CH]CC2C(N)=O)cc(OCC)c1-c1ccc(F)cc1. The van der Waals surface area contributed by atoms with Crippen LogP contribution in [0.4, 0.5) is 4.39 Å². The van der Waals surface area contributed by atoms with Crippen molar-refractivity contribution in [2.75, 3.05) is 19.8 Å². The van der Waals surface area contributed by atoms with E-state index in [9.17, 15) is 9.18 Å². The molecule has 5 nitrogen and oxygen atoms in total. The number of primary amides is 1. The number of rotatable bonds is 8. The van der Waals surface area contributed by atoms with E-state index in [1.165, 1.54) is 12.1 Å². The Labute approximate surface area is 171 Å². The van der Waals surface area contributed by atoms with Gasteiger partial charge < -0.3 is 15.2 Å². The number of likely N-dealkylation sites (tertiary alicyclic amines) is 1. The number of nitrogens with two attached hydrogens (primary N) is 1. The first-order chi connectivity index (χ1) is 14.0. The third-order valence-electron chi connectivity index (χ3n) is 5.02. The van der Waals surface area contributed by atoms with E-state index in [1.807, 2.05) is 26.0 Å².